The molecule has 2 heterocycles. The van der Waals surface area contributed by atoms with Crippen LogP contribution in [0.5, 0.6) is 0 Å². The van der Waals surface area contributed by atoms with Crippen LogP contribution in [0.4, 0.5) is 4.39 Å². The fourth-order valence-corrected chi connectivity index (χ4v) is 4.58. The Morgan fingerprint density at radius 3 is 2.79 bits per heavy atom. The molecule has 6 heteroatoms. The monoisotopic (exact) mass is 284 g/mol. The van der Waals surface area contributed by atoms with Gasteiger partial charge in [0.25, 0.3) is 0 Å². The minimum absolute atomic E-state index is 0.214. The van der Waals surface area contributed by atoms with E-state index in [1.807, 2.05) is 0 Å². The zero-order valence-corrected chi connectivity index (χ0v) is 11.4. The Morgan fingerprint density at radius 2 is 2.05 bits per heavy atom. The van der Waals surface area contributed by atoms with Gasteiger partial charge < -0.3 is 5.32 Å². The van der Waals surface area contributed by atoms with Crippen molar-refractivity contribution in [2.24, 2.45) is 5.92 Å². The number of piperidine rings is 1. The quantitative estimate of drug-likeness (QED) is 0.888. The van der Waals surface area contributed by atoms with E-state index in [0.29, 0.717) is 19.0 Å². The van der Waals surface area contributed by atoms with Crippen molar-refractivity contribution in [2.75, 3.05) is 19.6 Å². The Hall–Kier alpha value is -0.980. The number of nitrogens with zero attached hydrogens (tertiary/aromatic N) is 1. The van der Waals surface area contributed by atoms with Crippen molar-refractivity contribution in [1.29, 1.82) is 0 Å². The first-order valence-electron chi connectivity index (χ1n) is 6.57. The largest absolute Gasteiger partial charge is 0.312 e. The van der Waals surface area contributed by atoms with E-state index < -0.39 is 15.8 Å². The van der Waals surface area contributed by atoms with Crippen LogP contribution in [0.2, 0.25) is 0 Å². The third-order valence-corrected chi connectivity index (χ3v) is 5.89. The Balaban J connectivity index is 1.88. The molecule has 104 valence electrons. The summed E-state index contributed by atoms with van der Waals surface area (Å²) in [4.78, 5) is -0.214. The molecule has 19 heavy (non-hydrogen) atoms. The molecule has 0 unspecified atom stereocenters. The lowest BCUT2D eigenvalue weighted by Gasteiger charge is -2.24. The van der Waals surface area contributed by atoms with Gasteiger partial charge in [-0.2, -0.15) is 4.31 Å². The first-order chi connectivity index (χ1) is 9.09. The van der Waals surface area contributed by atoms with Gasteiger partial charge in [-0.3, -0.25) is 0 Å². The number of rotatable bonds is 2. The second-order valence-electron chi connectivity index (χ2n) is 5.22. The van der Waals surface area contributed by atoms with Crippen molar-refractivity contribution in [2.45, 2.75) is 23.8 Å². The molecule has 0 spiro atoms. The number of halogens is 1. The molecule has 1 aromatic rings. The molecular formula is C13H17FN2O2S. The molecule has 3 rings (SSSR count). The molecule has 0 aromatic heterocycles. The highest BCUT2D eigenvalue weighted by Crippen LogP contribution is 2.30. The molecule has 2 atom stereocenters. The van der Waals surface area contributed by atoms with E-state index in [0.717, 1.165) is 19.4 Å². The molecule has 4 nitrogen and oxygen atoms in total. The zero-order chi connectivity index (χ0) is 13.5. The third kappa shape index (κ3) is 2.28. The van der Waals surface area contributed by atoms with Crippen molar-refractivity contribution in [1.82, 2.24) is 9.62 Å². The summed E-state index contributed by atoms with van der Waals surface area (Å²) >= 11 is 0. The summed E-state index contributed by atoms with van der Waals surface area (Å²) in [7, 11) is -3.71. The van der Waals surface area contributed by atoms with Crippen LogP contribution in [-0.2, 0) is 10.0 Å². The van der Waals surface area contributed by atoms with Crippen molar-refractivity contribution in [3.05, 3.63) is 30.1 Å². The second kappa shape index (κ2) is 4.85. The molecule has 0 radical (unpaired) electrons. The maximum absolute atomic E-state index is 13.7. The standard InChI is InChI=1S/C13H17FN2O2S/c14-11-5-1-2-6-13(11)19(17,18)16-8-10-4-3-7-15-12(10)9-16/h1-2,5-6,10,12,15H,3-4,7-9H2/t10-,12+/m1/s1. The highest BCUT2D eigenvalue weighted by Gasteiger charge is 2.40. The minimum Gasteiger partial charge on any atom is -0.312 e. The lowest BCUT2D eigenvalue weighted by atomic mass is 9.94. The summed E-state index contributed by atoms with van der Waals surface area (Å²) in [6, 6.07) is 5.79. The van der Waals surface area contributed by atoms with Crippen LogP contribution in [0.1, 0.15) is 12.8 Å². The molecular weight excluding hydrogens is 267 g/mol. The van der Waals surface area contributed by atoms with Crippen molar-refractivity contribution in [3.63, 3.8) is 0 Å². The maximum Gasteiger partial charge on any atom is 0.246 e. The van der Waals surface area contributed by atoms with E-state index in [-0.39, 0.29) is 10.9 Å². The fraction of sp³-hybridized carbons (Fsp3) is 0.538. The number of benzene rings is 1. The van der Waals surface area contributed by atoms with Gasteiger partial charge in [-0.05, 0) is 37.4 Å². The van der Waals surface area contributed by atoms with E-state index in [1.165, 1.54) is 22.5 Å². The van der Waals surface area contributed by atoms with Crippen LogP contribution in [0.25, 0.3) is 0 Å². The molecule has 2 aliphatic heterocycles. The fourth-order valence-electron chi connectivity index (χ4n) is 3.00. The van der Waals surface area contributed by atoms with Crippen LogP contribution >= 0.6 is 0 Å². The minimum atomic E-state index is -3.71. The first-order valence-corrected chi connectivity index (χ1v) is 8.01. The van der Waals surface area contributed by atoms with Gasteiger partial charge in [-0.25, -0.2) is 12.8 Å². The van der Waals surface area contributed by atoms with E-state index in [1.54, 1.807) is 6.07 Å². The summed E-state index contributed by atoms with van der Waals surface area (Å²) < 4.78 is 40.0. The van der Waals surface area contributed by atoms with E-state index in [4.69, 9.17) is 0 Å². The lowest BCUT2D eigenvalue weighted by molar-refractivity contribution is 0.339. The van der Waals surface area contributed by atoms with Crippen LogP contribution in [0.3, 0.4) is 0 Å². The van der Waals surface area contributed by atoms with Gasteiger partial charge in [-0.1, -0.05) is 12.1 Å². The van der Waals surface area contributed by atoms with Crippen LogP contribution in [0.15, 0.2) is 29.2 Å². The molecule has 2 saturated heterocycles. The normalized spacial score (nSPS) is 28.3. The predicted molar refractivity (Wildman–Crippen MR) is 69.7 cm³/mol. The maximum atomic E-state index is 13.7. The highest BCUT2D eigenvalue weighted by atomic mass is 32.2. The van der Waals surface area contributed by atoms with Crippen molar-refractivity contribution >= 4 is 10.0 Å². The topological polar surface area (TPSA) is 49.4 Å². The van der Waals surface area contributed by atoms with Gasteiger partial charge in [0.15, 0.2) is 0 Å². The summed E-state index contributed by atoms with van der Waals surface area (Å²) in [6.45, 7) is 1.88. The molecule has 0 bridgehead atoms. The smallest absolute Gasteiger partial charge is 0.246 e. The van der Waals surface area contributed by atoms with Gasteiger partial charge in [0, 0.05) is 19.1 Å². The summed E-state index contributed by atoms with van der Waals surface area (Å²) in [6.07, 6.45) is 2.12. The SMILES string of the molecule is O=S(=O)(c1ccccc1F)N1C[C@H]2CCCN[C@H]2C1. The molecule has 1 N–H and O–H groups in total. The number of fused-ring (bicyclic) bond motifs is 1. The summed E-state index contributed by atoms with van der Waals surface area (Å²) in [5.74, 6) is -0.319. The third-order valence-electron chi connectivity index (χ3n) is 4.02. The Kier molecular flexibility index (Phi) is 3.32. The summed E-state index contributed by atoms with van der Waals surface area (Å²) in [5, 5.41) is 3.35. The molecule has 0 amide bonds. The van der Waals surface area contributed by atoms with E-state index >= 15 is 0 Å². The second-order valence-corrected chi connectivity index (χ2v) is 7.12. The number of sulfonamides is 1. The van der Waals surface area contributed by atoms with Gasteiger partial charge >= 0.3 is 0 Å². The van der Waals surface area contributed by atoms with E-state index in [2.05, 4.69) is 5.32 Å². The summed E-state index contributed by atoms with van der Waals surface area (Å²) in [5.41, 5.74) is 0. The van der Waals surface area contributed by atoms with Gasteiger partial charge in [0.1, 0.15) is 10.7 Å². The van der Waals surface area contributed by atoms with Crippen molar-refractivity contribution in [3.8, 4) is 0 Å². The Bertz CT molecular complexity index is 562. The van der Waals surface area contributed by atoms with E-state index in [9.17, 15) is 12.8 Å². The number of nitrogens with one attached hydrogen (secondary N) is 1. The lowest BCUT2D eigenvalue weighted by Crippen LogP contribution is -2.41. The number of hydrogen-bond donors (Lipinski definition) is 1. The zero-order valence-electron chi connectivity index (χ0n) is 10.5. The molecule has 1 aromatic carbocycles. The van der Waals surface area contributed by atoms with Crippen molar-refractivity contribution < 1.29 is 12.8 Å². The van der Waals surface area contributed by atoms with Gasteiger partial charge in [0.05, 0.1) is 0 Å². The Morgan fingerprint density at radius 1 is 1.26 bits per heavy atom. The van der Waals surface area contributed by atoms with Crippen LogP contribution < -0.4 is 5.32 Å². The predicted octanol–water partition coefficient (Wildman–Crippen LogP) is 1.20. The molecule has 2 aliphatic rings. The van der Waals surface area contributed by atoms with Gasteiger partial charge in [-0.15, -0.1) is 0 Å². The Labute approximate surface area is 112 Å². The highest BCUT2D eigenvalue weighted by molar-refractivity contribution is 7.89. The van der Waals surface area contributed by atoms with Gasteiger partial charge in [0.2, 0.25) is 10.0 Å². The average Bonchev–Trinajstić information content (AvgIpc) is 2.83. The van der Waals surface area contributed by atoms with Crippen LogP contribution in [0, 0.1) is 11.7 Å². The number of hydrogen-bond acceptors (Lipinski definition) is 3. The molecule has 0 saturated carbocycles. The average molecular weight is 284 g/mol. The molecule has 2 fully saturated rings. The first kappa shape index (κ1) is 13.0. The van der Waals surface area contributed by atoms with Crippen LogP contribution in [-0.4, -0.2) is 38.4 Å². The molecule has 0 aliphatic carbocycles.